The topological polar surface area (TPSA) is 96.2 Å². The molecule has 1 amide bonds. The van der Waals surface area contributed by atoms with Gasteiger partial charge in [0.15, 0.2) is 0 Å². The molecule has 0 aromatic carbocycles. The second kappa shape index (κ2) is 8.17. The number of hydrogen-bond donors (Lipinski definition) is 2. The number of piperidine rings is 1. The number of carbonyl (C=O) groups is 1. The first kappa shape index (κ1) is 17.5. The summed E-state index contributed by atoms with van der Waals surface area (Å²) < 4.78 is 5.28. The Kier molecular flexibility index (Phi) is 5.72. The Morgan fingerprint density at radius 1 is 1.40 bits per heavy atom. The van der Waals surface area contributed by atoms with E-state index in [0.29, 0.717) is 24.3 Å². The van der Waals surface area contributed by atoms with Gasteiger partial charge in [-0.2, -0.15) is 4.98 Å². The molecule has 2 N–H and O–H groups in total. The average molecular weight is 344 g/mol. The van der Waals surface area contributed by atoms with Crippen molar-refractivity contribution in [3.8, 4) is 11.4 Å². The highest BCUT2D eigenvalue weighted by Gasteiger charge is 2.22. The third-order valence-electron chi connectivity index (χ3n) is 4.45. The highest BCUT2D eigenvalue weighted by molar-refractivity contribution is 5.78. The van der Waals surface area contributed by atoms with Crippen LogP contribution in [-0.2, 0) is 4.79 Å². The number of rotatable bonds is 6. The van der Waals surface area contributed by atoms with E-state index in [1.807, 2.05) is 26.1 Å². The second-order valence-electron chi connectivity index (χ2n) is 6.38. The fourth-order valence-electron chi connectivity index (χ4n) is 2.98. The minimum atomic E-state index is -0.336. The molecule has 8 nitrogen and oxygen atoms in total. The fourth-order valence-corrected chi connectivity index (χ4v) is 2.98. The van der Waals surface area contributed by atoms with Crippen LogP contribution in [0.1, 0.15) is 31.7 Å². The van der Waals surface area contributed by atoms with Gasteiger partial charge in [-0.15, -0.1) is 0 Å². The molecule has 1 unspecified atom stereocenters. The Morgan fingerprint density at radius 3 is 2.84 bits per heavy atom. The molecule has 0 aliphatic carbocycles. The lowest BCUT2D eigenvalue weighted by Gasteiger charge is -2.31. The predicted octanol–water partition coefficient (Wildman–Crippen LogP) is 0.993. The van der Waals surface area contributed by atoms with Gasteiger partial charge in [0, 0.05) is 24.0 Å². The zero-order valence-corrected chi connectivity index (χ0v) is 14.6. The van der Waals surface area contributed by atoms with Crippen molar-refractivity contribution in [1.82, 2.24) is 30.7 Å². The molecule has 2 aromatic rings. The summed E-state index contributed by atoms with van der Waals surface area (Å²) in [7, 11) is 1.99. The molecule has 0 saturated carbocycles. The molecule has 1 fully saturated rings. The van der Waals surface area contributed by atoms with Crippen molar-refractivity contribution in [1.29, 1.82) is 0 Å². The number of carbonyl (C=O) groups excluding carboxylic acids is 1. The van der Waals surface area contributed by atoms with E-state index in [0.717, 1.165) is 31.5 Å². The van der Waals surface area contributed by atoms with Gasteiger partial charge >= 0.3 is 0 Å². The number of aromatic nitrogens is 3. The Hall–Kier alpha value is -2.32. The van der Waals surface area contributed by atoms with Crippen LogP contribution in [0, 0.1) is 0 Å². The molecule has 134 valence electrons. The first-order chi connectivity index (χ1) is 12.1. The van der Waals surface area contributed by atoms with Crippen molar-refractivity contribution in [2.24, 2.45) is 0 Å². The van der Waals surface area contributed by atoms with Gasteiger partial charge in [-0.1, -0.05) is 5.16 Å². The molecule has 2 aromatic heterocycles. The second-order valence-corrected chi connectivity index (χ2v) is 6.38. The molecule has 1 aliphatic heterocycles. The highest BCUT2D eigenvalue weighted by Crippen LogP contribution is 2.17. The molecule has 3 heterocycles. The minimum absolute atomic E-state index is 0.0443. The van der Waals surface area contributed by atoms with Crippen molar-refractivity contribution in [2.75, 3.05) is 26.7 Å². The van der Waals surface area contributed by atoms with Gasteiger partial charge < -0.3 is 15.2 Å². The van der Waals surface area contributed by atoms with E-state index in [2.05, 4.69) is 30.7 Å². The number of nitrogens with one attached hydrogen (secondary N) is 2. The molecule has 1 atom stereocenters. The summed E-state index contributed by atoms with van der Waals surface area (Å²) in [6.45, 7) is 4.21. The van der Waals surface area contributed by atoms with Crippen LogP contribution in [0.4, 0.5) is 0 Å². The van der Waals surface area contributed by atoms with E-state index in [1.165, 1.54) is 0 Å². The summed E-state index contributed by atoms with van der Waals surface area (Å²) in [4.78, 5) is 22.7. The van der Waals surface area contributed by atoms with Gasteiger partial charge in [-0.3, -0.25) is 14.7 Å². The van der Waals surface area contributed by atoms with E-state index in [-0.39, 0.29) is 11.9 Å². The monoisotopic (exact) mass is 344 g/mol. The van der Waals surface area contributed by atoms with Gasteiger partial charge in [-0.05, 0) is 52.0 Å². The van der Waals surface area contributed by atoms with E-state index in [9.17, 15) is 4.79 Å². The van der Waals surface area contributed by atoms with Gasteiger partial charge in [-0.25, -0.2) is 0 Å². The third kappa shape index (κ3) is 4.61. The fraction of sp³-hybridized carbons (Fsp3) is 0.529. The largest absolute Gasteiger partial charge is 0.343 e. The summed E-state index contributed by atoms with van der Waals surface area (Å²) in [5.74, 6) is 0.840. The molecule has 0 radical (unpaired) electrons. The van der Waals surface area contributed by atoms with Gasteiger partial charge in [0.05, 0.1) is 6.54 Å². The maximum absolute atomic E-state index is 12.3. The van der Waals surface area contributed by atoms with E-state index in [4.69, 9.17) is 4.52 Å². The summed E-state index contributed by atoms with van der Waals surface area (Å²) in [6.07, 6.45) is 5.48. The molecule has 8 heteroatoms. The molecule has 25 heavy (non-hydrogen) atoms. The third-order valence-corrected chi connectivity index (χ3v) is 4.45. The summed E-state index contributed by atoms with van der Waals surface area (Å²) in [5.41, 5.74) is 0.828. The van der Waals surface area contributed by atoms with Crippen molar-refractivity contribution >= 4 is 5.91 Å². The number of amides is 1. The SMILES string of the molecule is CC(NC(=O)CN(C)C1CCNCC1)c1nc(-c2ccncc2)no1. The van der Waals surface area contributed by atoms with Crippen LogP contribution in [0.25, 0.3) is 11.4 Å². The van der Waals surface area contributed by atoms with Crippen LogP contribution < -0.4 is 10.6 Å². The Labute approximate surface area is 147 Å². The lowest BCUT2D eigenvalue weighted by molar-refractivity contribution is -0.123. The Bertz CT molecular complexity index is 683. The maximum Gasteiger partial charge on any atom is 0.249 e. The van der Waals surface area contributed by atoms with Crippen molar-refractivity contribution in [2.45, 2.75) is 31.8 Å². The lowest BCUT2D eigenvalue weighted by Crippen LogP contribution is -2.45. The Morgan fingerprint density at radius 2 is 2.12 bits per heavy atom. The molecule has 1 saturated heterocycles. The van der Waals surface area contributed by atoms with Crippen LogP contribution in [0.5, 0.6) is 0 Å². The number of pyridine rings is 1. The average Bonchev–Trinajstić information content (AvgIpc) is 3.13. The Balaban J connectivity index is 1.54. The van der Waals surface area contributed by atoms with Crippen molar-refractivity contribution in [3.63, 3.8) is 0 Å². The maximum atomic E-state index is 12.3. The highest BCUT2D eigenvalue weighted by atomic mass is 16.5. The quantitative estimate of drug-likeness (QED) is 0.807. The molecule has 0 spiro atoms. The van der Waals surface area contributed by atoms with E-state index >= 15 is 0 Å². The first-order valence-electron chi connectivity index (χ1n) is 8.58. The lowest BCUT2D eigenvalue weighted by atomic mass is 10.1. The molecular formula is C17H24N6O2. The molecule has 1 aliphatic rings. The van der Waals surface area contributed by atoms with Crippen LogP contribution >= 0.6 is 0 Å². The smallest absolute Gasteiger partial charge is 0.249 e. The van der Waals surface area contributed by atoms with Crippen LogP contribution in [0.3, 0.4) is 0 Å². The van der Waals surface area contributed by atoms with Crippen molar-refractivity contribution < 1.29 is 9.32 Å². The number of nitrogens with zero attached hydrogens (tertiary/aromatic N) is 4. The number of hydrogen-bond acceptors (Lipinski definition) is 7. The van der Waals surface area contributed by atoms with Crippen LogP contribution in [-0.4, -0.2) is 58.7 Å². The normalized spacial score (nSPS) is 16.8. The van der Waals surface area contributed by atoms with Crippen LogP contribution in [0.2, 0.25) is 0 Å². The standard InChI is InChI=1S/C17H24N6O2/c1-12(17-21-16(22-25-17)13-3-7-18-8-4-13)20-15(24)11-23(2)14-5-9-19-10-6-14/h3-4,7-8,12,14,19H,5-6,9-11H2,1-2H3,(H,20,24). The first-order valence-corrected chi connectivity index (χ1v) is 8.58. The molecule has 3 rings (SSSR count). The summed E-state index contributed by atoms with van der Waals surface area (Å²) in [5, 5.41) is 10.2. The van der Waals surface area contributed by atoms with E-state index in [1.54, 1.807) is 12.4 Å². The molecular weight excluding hydrogens is 320 g/mol. The summed E-state index contributed by atoms with van der Waals surface area (Å²) >= 11 is 0. The summed E-state index contributed by atoms with van der Waals surface area (Å²) in [6, 6.07) is 3.73. The molecule has 0 bridgehead atoms. The zero-order chi connectivity index (χ0) is 17.6. The van der Waals surface area contributed by atoms with Crippen molar-refractivity contribution in [3.05, 3.63) is 30.4 Å². The van der Waals surface area contributed by atoms with Gasteiger partial charge in [0.2, 0.25) is 17.6 Å². The van der Waals surface area contributed by atoms with E-state index < -0.39 is 0 Å². The van der Waals surface area contributed by atoms with Gasteiger partial charge in [0.25, 0.3) is 0 Å². The number of likely N-dealkylation sites (N-methyl/N-ethyl adjacent to an activating group) is 1. The predicted molar refractivity (Wildman–Crippen MR) is 92.6 cm³/mol. The minimum Gasteiger partial charge on any atom is -0.343 e. The van der Waals surface area contributed by atoms with Gasteiger partial charge in [0.1, 0.15) is 6.04 Å². The zero-order valence-electron chi connectivity index (χ0n) is 14.6. The van der Waals surface area contributed by atoms with Crippen LogP contribution in [0.15, 0.2) is 29.0 Å².